The minimum Gasteiger partial charge on any atom is -0.325 e. The van der Waals surface area contributed by atoms with Crippen LogP contribution in [-0.2, 0) is 27.1 Å². The summed E-state index contributed by atoms with van der Waals surface area (Å²) < 4.78 is 41.7. The number of imide groups is 1. The number of carbonyl (C=O) groups excluding carboxylic acids is 3. The van der Waals surface area contributed by atoms with Gasteiger partial charge >= 0.3 is 11.0 Å². The number of fused-ring (bicyclic) bond motifs is 2. The van der Waals surface area contributed by atoms with E-state index in [-0.39, 0.29) is 12.2 Å². The highest BCUT2D eigenvalue weighted by atomic mass is 35.5. The number of halogens is 4. The first-order chi connectivity index (χ1) is 20.4. The summed E-state index contributed by atoms with van der Waals surface area (Å²) in [4.78, 5) is 54.8. The van der Waals surface area contributed by atoms with E-state index in [1.807, 2.05) is 19.1 Å². The number of alkyl halides is 3. The van der Waals surface area contributed by atoms with Gasteiger partial charge in [-0.3, -0.25) is 23.7 Å². The van der Waals surface area contributed by atoms with Gasteiger partial charge in [0.05, 0.1) is 22.2 Å². The maximum atomic E-state index is 13.9. The first-order valence-corrected chi connectivity index (χ1v) is 15.1. The highest BCUT2D eigenvalue weighted by Crippen LogP contribution is 2.54. The SMILES string of the molecule is Cc1ccc(NC(=O)Cn2c3c(sc2=O)[C@@H](c2ccc(Cl)cc2)[C@@H]2C(=O)N(c4cccc(C(F)(F)F)c4)C(=O)[C@@H]2S3)cc1. The molecule has 0 aliphatic carbocycles. The summed E-state index contributed by atoms with van der Waals surface area (Å²) in [5, 5.41) is 2.51. The van der Waals surface area contributed by atoms with E-state index in [0.29, 0.717) is 26.2 Å². The standard InChI is InChI=1S/C30H21ClF3N3O4S2/c1-15-5-11-19(12-6-15)35-21(38)14-36-28-25(43-29(36)41)22(16-7-9-18(31)10-8-16)23-24(42-28)27(40)37(26(23)39)20-4-2-3-17(13-20)30(32,33)34/h2-13,22-24H,14H2,1H3,(H,35,38)/t22-,23-,24+/m0/s1. The minimum absolute atomic E-state index is 0.187. The summed E-state index contributed by atoms with van der Waals surface area (Å²) in [6.45, 7) is 1.57. The van der Waals surface area contributed by atoms with Gasteiger partial charge in [0.1, 0.15) is 11.8 Å². The topological polar surface area (TPSA) is 88.5 Å². The van der Waals surface area contributed by atoms with Crippen molar-refractivity contribution in [1.82, 2.24) is 4.57 Å². The first-order valence-electron chi connectivity index (χ1n) is 13.0. The summed E-state index contributed by atoms with van der Waals surface area (Å²) in [6, 6.07) is 17.8. The van der Waals surface area contributed by atoms with Gasteiger partial charge in [-0.2, -0.15) is 13.2 Å². The van der Waals surface area contributed by atoms with Crippen molar-refractivity contribution in [3.05, 3.63) is 109 Å². The molecule has 4 aromatic rings. The zero-order valence-corrected chi connectivity index (χ0v) is 24.6. The fourth-order valence-electron chi connectivity index (χ4n) is 5.34. The molecule has 3 amide bonds. The van der Waals surface area contributed by atoms with Crippen LogP contribution < -0.4 is 15.1 Å². The average molecular weight is 644 g/mol. The number of rotatable bonds is 5. The molecule has 220 valence electrons. The van der Waals surface area contributed by atoms with Crippen molar-refractivity contribution in [1.29, 1.82) is 0 Å². The number of amides is 3. The Balaban J connectivity index is 1.40. The van der Waals surface area contributed by atoms with Crippen LogP contribution in [0.5, 0.6) is 0 Å². The highest BCUT2D eigenvalue weighted by Gasteiger charge is 2.57. The number of nitrogens with zero attached hydrogens (tertiary/aromatic N) is 2. The van der Waals surface area contributed by atoms with E-state index < -0.39 is 51.4 Å². The minimum atomic E-state index is -4.67. The number of nitrogens with one attached hydrogen (secondary N) is 1. The van der Waals surface area contributed by atoms with Gasteiger partial charge in [-0.25, -0.2) is 4.90 Å². The lowest BCUT2D eigenvalue weighted by molar-refractivity contribution is -0.137. The molecule has 2 aliphatic heterocycles. The van der Waals surface area contributed by atoms with Gasteiger partial charge in [-0.05, 0) is 55.0 Å². The molecule has 7 nitrogen and oxygen atoms in total. The van der Waals surface area contributed by atoms with Crippen molar-refractivity contribution in [2.75, 3.05) is 10.2 Å². The van der Waals surface area contributed by atoms with Gasteiger partial charge < -0.3 is 5.32 Å². The smallest absolute Gasteiger partial charge is 0.325 e. The molecule has 3 aromatic carbocycles. The summed E-state index contributed by atoms with van der Waals surface area (Å²) in [5.41, 5.74) is 0.983. The third-order valence-electron chi connectivity index (χ3n) is 7.35. The number of benzene rings is 3. The van der Waals surface area contributed by atoms with Gasteiger partial charge in [-0.1, -0.05) is 70.6 Å². The van der Waals surface area contributed by atoms with Crippen LogP contribution in [0.2, 0.25) is 5.02 Å². The van der Waals surface area contributed by atoms with Crippen molar-refractivity contribution < 1.29 is 27.6 Å². The Kier molecular flexibility index (Phi) is 7.47. The lowest BCUT2D eigenvalue weighted by Crippen LogP contribution is -2.33. The summed E-state index contributed by atoms with van der Waals surface area (Å²) in [7, 11) is 0. The van der Waals surface area contributed by atoms with Gasteiger partial charge in [0.2, 0.25) is 17.7 Å². The molecule has 43 heavy (non-hydrogen) atoms. The molecule has 1 saturated heterocycles. The Morgan fingerprint density at radius 2 is 1.67 bits per heavy atom. The zero-order chi connectivity index (χ0) is 30.6. The van der Waals surface area contributed by atoms with Gasteiger partial charge in [0.15, 0.2) is 0 Å². The molecule has 2 aliphatic rings. The van der Waals surface area contributed by atoms with Crippen LogP contribution in [0.3, 0.4) is 0 Å². The molecule has 3 atom stereocenters. The third-order valence-corrected chi connectivity index (χ3v) is 10.2. The summed E-state index contributed by atoms with van der Waals surface area (Å²) in [5.74, 6) is -3.61. The molecule has 0 bridgehead atoms. The van der Waals surface area contributed by atoms with Crippen molar-refractivity contribution in [2.24, 2.45) is 5.92 Å². The van der Waals surface area contributed by atoms with E-state index in [1.165, 1.54) is 10.6 Å². The molecule has 1 aromatic heterocycles. The number of anilines is 2. The first kappa shape index (κ1) is 29.2. The van der Waals surface area contributed by atoms with Gasteiger partial charge in [0.25, 0.3) is 0 Å². The number of aromatic nitrogens is 1. The molecule has 13 heteroatoms. The van der Waals surface area contributed by atoms with E-state index >= 15 is 0 Å². The van der Waals surface area contributed by atoms with Crippen molar-refractivity contribution in [2.45, 2.75) is 35.8 Å². The van der Waals surface area contributed by atoms with Crippen molar-refractivity contribution >= 4 is 63.8 Å². The van der Waals surface area contributed by atoms with Crippen LogP contribution >= 0.6 is 34.7 Å². The van der Waals surface area contributed by atoms with E-state index in [4.69, 9.17) is 11.6 Å². The highest BCUT2D eigenvalue weighted by molar-refractivity contribution is 8.00. The molecule has 0 saturated carbocycles. The van der Waals surface area contributed by atoms with Crippen LogP contribution in [0.1, 0.15) is 27.5 Å². The quantitative estimate of drug-likeness (QED) is 0.257. The maximum Gasteiger partial charge on any atom is 0.416 e. The fourth-order valence-corrected chi connectivity index (χ4v) is 8.24. The maximum absolute atomic E-state index is 13.9. The molecule has 1 fully saturated rings. The number of thiazole rings is 1. The Labute approximate surface area is 256 Å². The molecule has 0 spiro atoms. The van der Waals surface area contributed by atoms with E-state index in [9.17, 15) is 32.3 Å². The number of hydrogen-bond donors (Lipinski definition) is 1. The van der Waals surface area contributed by atoms with Crippen LogP contribution in [-0.4, -0.2) is 27.5 Å². The average Bonchev–Trinajstić information content (AvgIpc) is 3.40. The Bertz CT molecular complexity index is 1820. The van der Waals surface area contributed by atoms with Crippen LogP contribution in [0, 0.1) is 12.8 Å². The number of carbonyl (C=O) groups is 3. The lowest BCUT2D eigenvalue weighted by atomic mass is 9.83. The second-order valence-corrected chi connectivity index (χ2v) is 12.8. The van der Waals surface area contributed by atoms with E-state index in [1.54, 1.807) is 36.4 Å². The Morgan fingerprint density at radius 3 is 2.35 bits per heavy atom. The predicted molar refractivity (Wildman–Crippen MR) is 159 cm³/mol. The molecular formula is C30H21ClF3N3O4S2. The second-order valence-electron chi connectivity index (χ2n) is 10.2. The van der Waals surface area contributed by atoms with Crippen LogP contribution in [0.15, 0.2) is 82.6 Å². The Morgan fingerprint density at radius 1 is 0.977 bits per heavy atom. The number of thioether (sulfide) groups is 1. The van der Waals surface area contributed by atoms with Crippen LogP contribution in [0.25, 0.3) is 0 Å². The predicted octanol–water partition coefficient (Wildman–Crippen LogP) is 6.32. The molecule has 0 radical (unpaired) electrons. The molecule has 1 N–H and O–H groups in total. The number of hydrogen-bond acceptors (Lipinski definition) is 6. The summed E-state index contributed by atoms with van der Waals surface area (Å²) in [6.07, 6.45) is -4.67. The molecule has 6 rings (SSSR count). The largest absolute Gasteiger partial charge is 0.416 e. The van der Waals surface area contributed by atoms with Crippen LogP contribution in [0.4, 0.5) is 24.5 Å². The summed E-state index contributed by atoms with van der Waals surface area (Å²) >= 11 is 7.96. The zero-order valence-electron chi connectivity index (χ0n) is 22.2. The molecule has 3 heterocycles. The van der Waals surface area contributed by atoms with Crippen molar-refractivity contribution in [3.8, 4) is 0 Å². The monoisotopic (exact) mass is 643 g/mol. The van der Waals surface area contributed by atoms with Crippen molar-refractivity contribution in [3.63, 3.8) is 0 Å². The van der Waals surface area contributed by atoms with E-state index in [0.717, 1.165) is 51.8 Å². The second kappa shape index (κ2) is 11.0. The van der Waals surface area contributed by atoms with E-state index in [2.05, 4.69) is 5.32 Å². The third kappa shape index (κ3) is 5.39. The molecular weight excluding hydrogens is 623 g/mol. The van der Waals surface area contributed by atoms with Gasteiger partial charge in [0, 0.05) is 21.5 Å². The number of aryl methyl sites for hydroxylation is 1. The Hall–Kier alpha value is -3.87. The fraction of sp³-hybridized carbons (Fsp3) is 0.200. The molecule has 0 unspecified atom stereocenters. The normalized spacial score (nSPS) is 19.7. The van der Waals surface area contributed by atoms with Gasteiger partial charge in [-0.15, -0.1) is 0 Å². The lowest BCUT2D eigenvalue weighted by Gasteiger charge is -2.30.